The maximum Gasteiger partial charge on any atom is 0.145 e. The first kappa shape index (κ1) is 14.7. The number of aryl methyl sites for hydroxylation is 3. The fourth-order valence-corrected chi connectivity index (χ4v) is 2.51. The third kappa shape index (κ3) is 3.87. The molecule has 1 aromatic carbocycles. The molecule has 3 heteroatoms. The summed E-state index contributed by atoms with van der Waals surface area (Å²) >= 11 is 0. The van der Waals surface area contributed by atoms with Crippen LogP contribution in [0.1, 0.15) is 41.0 Å². The first-order valence-corrected chi connectivity index (χ1v) is 7.17. The Labute approximate surface area is 121 Å². The van der Waals surface area contributed by atoms with Gasteiger partial charge in [0.15, 0.2) is 0 Å². The zero-order valence-electron chi connectivity index (χ0n) is 12.8. The summed E-state index contributed by atoms with van der Waals surface area (Å²) in [5.74, 6) is 0.872. The summed E-state index contributed by atoms with van der Waals surface area (Å²) < 4.78 is 0. The molecule has 0 aliphatic rings. The molecule has 0 aliphatic heterocycles. The van der Waals surface area contributed by atoms with Crippen LogP contribution in [0.3, 0.4) is 0 Å². The Hall–Kier alpha value is -1.74. The van der Waals surface area contributed by atoms with Gasteiger partial charge >= 0.3 is 0 Å². The van der Waals surface area contributed by atoms with Gasteiger partial charge in [-0.25, -0.2) is 9.97 Å². The molecule has 0 saturated carbocycles. The van der Waals surface area contributed by atoms with Crippen LogP contribution in [-0.4, -0.2) is 16.5 Å². The van der Waals surface area contributed by atoms with Crippen molar-refractivity contribution in [3.63, 3.8) is 0 Å². The number of benzene rings is 1. The van der Waals surface area contributed by atoms with Crippen molar-refractivity contribution in [3.8, 4) is 0 Å². The lowest BCUT2D eigenvalue weighted by Gasteiger charge is -2.17. The second-order valence-corrected chi connectivity index (χ2v) is 5.43. The van der Waals surface area contributed by atoms with Crippen molar-refractivity contribution in [3.05, 3.63) is 58.7 Å². The summed E-state index contributed by atoms with van der Waals surface area (Å²) in [4.78, 5) is 8.93. The average molecular weight is 269 g/mol. The van der Waals surface area contributed by atoms with Crippen molar-refractivity contribution in [2.75, 3.05) is 6.54 Å². The minimum atomic E-state index is 0.168. The summed E-state index contributed by atoms with van der Waals surface area (Å²) in [5.41, 5.74) is 5.04. The van der Waals surface area contributed by atoms with Crippen molar-refractivity contribution < 1.29 is 0 Å². The molecule has 0 spiro atoms. The molecule has 0 aliphatic carbocycles. The molecule has 1 aromatic heterocycles. The molecule has 0 radical (unpaired) electrons. The number of hydrogen-bond acceptors (Lipinski definition) is 3. The Balaban J connectivity index is 2.22. The quantitative estimate of drug-likeness (QED) is 0.905. The van der Waals surface area contributed by atoms with Crippen molar-refractivity contribution in [2.24, 2.45) is 0 Å². The third-order valence-electron chi connectivity index (χ3n) is 3.28. The van der Waals surface area contributed by atoms with Gasteiger partial charge in [0.2, 0.25) is 0 Å². The monoisotopic (exact) mass is 269 g/mol. The van der Waals surface area contributed by atoms with Crippen molar-refractivity contribution in [1.29, 1.82) is 0 Å². The van der Waals surface area contributed by atoms with Crippen LogP contribution in [0.15, 0.2) is 30.6 Å². The van der Waals surface area contributed by atoms with Gasteiger partial charge < -0.3 is 5.32 Å². The van der Waals surface area contributed by atoms with Gasteiger partial charge in [-0.3, -0.25) is 0 Å². The van der Waals surface area contributed by atoms with E-state index in [1.807, 2.05) is 19.3 Å². The standard InChI is InChI=1S/C17H23N3/c1-5-18-16(17-19-10-14(4)11-20-17)9-15-7-12(2)6-13(3)8-15/h6-8,10-11,16,18H,5,9H2,1-4H3. The average Bonchev–Trinajstić information content (AvgIpc) is 2.38. The number of aromatic nitrogens is 2. The molecular formula is C17H23N3. The molecule has 20 heavy (non-hydrogen) atoms. The topological polar surface area (TPSA) is 37.8 Å². The number of nitrogens with zero attached hydrogens (tertiary/aromatic N) is 2. The summed E-state index contributed by atoms with van der Waals surface area (Å²) in [6.07, 6.45) is 4.68. The number of nitrogens with one attached hydrogen (secondary N) is 1. The lowest BCUT2D eigenvalue weighted by atomic mass is 10.0. The molecule has 0 saturated heterocycles. The normalized spacial score (nSPS) is 12.4. The Morgan fingerprint density at radius 1 is 0.950 bits per heavy atom. The van der Waals surface area contributed by atoms with Gasteiger partial charge in [-0.15, -0.1) is 0 Å². The van der Waals surface area contributed by atoms with E-state index in [0.717, 1.165) is 24.4 Å². The van der Waals surface area contributed by atoms with Crippen LogP contribution in [0, 0.1) is 20.8 Å². The zero-order chi connectivity index (χ0) is 14.5. The van der Waals surface area contributed by atoms with Crippen molar-refractivity contribution in [1.82, 2.24) is 15.3 Å². The highest BCUT2D eigenvalue weighted by Gasteiger charge is 2.14. The Morgan fingerprint density at radius 2 is 1.55 bits per heavy atom. The zero-order valence-corrected chi connectivity index (χ0v) is 12.8. The second kappa shape index (κ2) is 6.62. The highest BCUT2D eigenvalue weighted by Crippen LogP contribution is 2.17. The van der Waals surface area contributed by atoms with Crippen LogP contribution in [0.5, 0.6) is 0 Å². The predicted octanol–water partition coefficient (Wildman–Crippen LogP) is 3.30. The highest BCUT2D eigenvalue weighted by molar-refractivity contribution is 5.29. The van der Waals surface area contributed by atoms with Gasteiger partial charge in [0.05, 0.1) is 6.04 Å². The fourth-order valence-electron chi connectivity index (χ4n) is 2.51. The Bertz CT molecular complexity index is 541. The van der Waals surface area contributed by atoms with E-state index in [-0.39, 0.29) is 6.04 Å². The van der Waals surface area contributed by atoms with Gasteiger partial charge in [0, 0.05) is 12.4 Å². The molecule has 1 atom stereocenters. The van der Waals surface area contributed by atoms with Crippen LogP contribution >= 0.6 is 0 Å². The molecule has 2 aromatic rings. The van der Waals surface area contributed by atoms with E-state index in [4.69, 9.17) is 0 Å². The number of rotatable bonds is 5. The van der Waals surface area contributed by atoms with Crippen LogP contribution in [-0.2, 0) is 6.42 Å². The third-order valence-corrected chi connectivity index (χ3v) is 3.28. The molecule has 3 nitrogen and oxygen atoms in total. The Kier molecular flexibility index (Phi) is 4.85. The van der Waals surface area contributed by atoms with E-state index >= 15 is 0 Å². The summed E-state index contributed by atoms with van der Waals surface area (Å²) in [5, 5.41) is 3.48. The first-order valence-electron chi connectivity index (χ1n) is 7.17. The Morgan fingerprint density at radius 3 is 2.10 bits per heavy atom. The smallest absolute Gasteiger partial charge is 0.145 e. The minimum absolute atomic E-state index is 0.168. The molecule has 0 bridgehead atoms. The molecule has 0 amide bonds. The van der Waals surface area contributed by atoms with Crippen LogP contribution in [0.2, 0.25) is 0 Å². The maximum absolute atomic E-state index is 4.46. The van der Waals surface area contributed by atoms with Crippen molar-refractivity contribution >= 4 is 0 Å². The summed E-state index contributed by atoms with van der Waals surface area (Å²) in [6, 6.07) is 6.85. The maximum atomic E-state index is 4.46. The molecule has 0 fully saturated rings. The summed E-state index contributed by atoms with van der Waals surface area (Å²) in [7, 11) is 0. The van der Waals surface area contributed by atoms with Gasteiger partial charge in [0.1, 0.15) is 5.82 Å². The highest BCUT2D eigenvalue weighted by atomic mass is 15.0. The molecular weight excluding hydrogens is 246 g/mol. The molecule has 1 heterocycles. The van der Waals surface area contributed by atoms with Crippen LogP contribution in [0.4, 0.5) is 0 Å². The molecule has 2 rings (SSSR count). The van der Waals surface area contributed by atoms with E-state index in [0.29, 0.717) is 0 Å². The van der Waals surface area contributed by atoms with E-state index in [1.54, 1.807) is 0 Å². The number of likely N-dealkylation sites (N-methyl/N-ethyl adjacent to an activating group) is 1. The van der Waals surface area contributed by atoms with E-state index < -0.39 is 0 Å². The minimum Gasteiger partial charge on any atom is -0.307 e. The van der Waals surface area contributed by atoms with E-state index in [1.165, 1.54) is 16.7 Å². The second-order valence-electron chi connectivity index (χ2n) is 5.43. The predicted molar refractivity (Wildman–Crippen MR) is 82.8 cm³/mol. The van der Waals surface area contributed by atoms with Crippen LogP contribution < -0.4 is 5.32 Å². The van der Waals surface area contributed by atoms with Crippen LogP contribution in [0.25, 0.3) is 0 Å². The molecule has 106 valence electrons. The van der Waals surface area contributed by atoms with E-state index in [9.17, 15) is 0 Å². The van der Waals surface area contributed by atoms with Gasteiger partial charge in [-0.2, -0.15) is 0 Å². The lowest BCUT2D eigenvalue weighted by molar-refractivity contribution is 0.521. The van der Waals surface area contributed by atoms with Crippen molar-refractivity contribution in [2.45, 2.75) is 40.2 Å². The molecule has 1 unspecified atom stereocenters. The fraction of sp³-hybridized carbons (Fsp3) is 0.412. The van der Waals surface area contributed by atoms with E-state index in [2.05, 4.69) is 54.3 Å². The SMILES string of the molecule is CCNC(Cc1cc(C)cc(C)c1)c1ncc(C)cn1. The summed E-state index contributed by atoms with van der Waals surface area (Å²) in [6.45, 7) is 9.31. The molecule has 1 N–H and O–H groups in total. The first-order chi connectivity index (χ1) is 9.58. The lowest BCUT2D eigenvalue weighted by Crippen LogP contribution is -2.25. The van der Waals surface area contributed by atoms with Gasteiger partial charge in [0.25, 0.3) is 0 Å². The van der Waals surface area contributed by atoms with Gasteiger partial charge in [-0.1, -0.05) is 36.2 Å². The van der Waals surface area contributed by atoms with Gasteiger partial charge in [-0.05, 0) is 44.9 Å². The largest absolute Gasteiger partial charge is 0.307 e. The number of hydrogen-bond donors (Lipinski definition) is 1.